The van der Waals surface area contributed by atoms with Crippen LogP contribution >= 0.6 is 0 Å². The van der Waals surface area contributed by atoms with Crippen molar-refractivity contribution in [3.05, 3.63) is 34.9 Å². The zero-order chi connectivity index (χ0) is 16.3. The lowest BCUT2D eigenvalue weighted by molar-refractivity contribution is 0.0242. The first kappa shape index (κ1) is 15.8. The molecule has 0 aromatic heterocycles. The highest BCUT2D eigenvalue weighted by atomic mass is 16.6. The number of rotatable bonds is 2. The fourth-order valence-corrected chi connectivity index (χ4v) is 2.11. The molecule has 0 unspecified atom stereocenters. The molecule has 0 radical (unpaired) electrons. The molecule has 0 atom stereocenters. The molecule has 0 bridgehead atoms. The lowest BCUT2D eigenvalue weighted by Gasteiger charge is -2.24. The lowest BCUT2D eigenvalue weighted by atomic mass is 10.1. The van der Waals surface area contributed by atoms with Crippen LogP contribution in [0.25, 0.3) is 0 Å². The van der Waals surface area contributed by atoms with E-state index in [1.165, 1.54) is 0 Å². The van der Waals surface area contributed by atoms with Crippen molar-refractivity contribution in [3.8, 4) is 0 Å². The topological polar surface area (TPSA) is 106 Å². The first-order valence-corrected chi connectivity index (χ1v) is 6.96. The van der Waals surface area contributed by atoms with Crippen LogP contribution in [0.5, 0.6) is 0 Å². The molecule has 1 aromatic rings. The first-order valence-electron chi connectivity index (χ1n) is 6.96. The second-order valence-electron chi connectivity index (χ2n) is 6.13. The summed E-state index contributed by atoms with van der Waals surface area (Å²) in [4.78, 5) is 13.8. The van der Waals surface area contributed by atoms with E-state index in [0.717, 1.165) is 16.7 Å². The summed E-state index contributed by atoms with van der Waals surface area (Å²) in [7, 11) is 0. The largest absolute Gasteiger partial charge is 0.444 e. The molecular formula is C15H21N5O2. The Morgan fingerprint density at radius 1 is 1.27 bits per heavy atom. The van der Waals surface area contributed by atoms with Gasteiger partial charge in [0.2, 0.25) is 5.96 Å². The molecule has 22 heavy (non-hydrogen) atoms. The van der Waals surface area contributed by atoms with E-state index < -0.39 is 5.60 Å². The van der Waals surface area contributed by atoms with Crippen molar-refractivity contribution in [2.75, 3.05) is 0 Å². The van der Waals surface area contributed by atoms with Gasteiger partial charge in [-0.05, 0) is 43.5 Å². The molecule has 1 aliphatic heterocycles. The molecule has 7 nitrogen and oxygen atoms in total. The van der Waals surface area contributed by atoms with Crippen molar-refractivity contribution in [3.63, 3.8) is 0 Å². The number of hydrogen-bond donors (Lipinski definition) is 2. The van der Waals surface area contributed by atoms with Gasteiger partial charge in [0.15, 0.2) is 0 Å². The van der Waals surface area contributed by atoms with E-state index in [4.69, 9.17) is 16.2 Å². The fraction of sp³-hybridized carbons (Fsp3) is 0.400. The molecule has 0 spiro atoms. The van der Waals surface area contributed by atoms with E-state index in [9.17, 15) is 4.79 Å². The molecule has 7 heteroatoms. The molecule has 0 aliphatic carbocycles. The third kappa shape index (κ3) is 4.21. The number of guanidine groups is 1. The summed E-state index contributed by atoms with van der Waals surface area (Å²) in [5.41, 5.74) is 13.0. The maximum Gasteiger partial charge on any atom is 0.410 e. The molecule has 4 N–H and O–H groups in total. The third-order valence-corrected chi connectivity index (χ3v) is 2.98. The minimum absolute atomic E-state index is 0.0893. The van der Waals surface area contributed by atoms with Crippen LogP contribution in [0.2, 0.25) is 0 Å². The van der Waals surface area contributed by atoms with Gasteiger partial charge in [-0.25, -0.2) is 4.79 Å². The Hall–Kier alpha value is -2.57. The Labute approximate surface area is 129 Å². The standard InChI is InChI=1S/C15H21N5O2/c1-15(2,3)22-14(21)20-8-11-5-4-10(6-12(11)9-20)7-18-19-13(16)17/h4-7H,8-9H2,1-3H3,(H4,16,17,19). The summed E-state index contributed by atoms with van der Waals surface area (Å²) in [6, 6.07) is 5.84. The van der Waals surface area contributed by atoms with Crippen molar-refractivity contribution in [2.24, 2.45) is 21.7 Å². The SMILES string of the molecule is CC(C)(C)OC(=O)N1Cc2ccc(C=NN=C(N)N)cc2C1. The number of carbonyl (C=O) groups excluding carboxylic acids is 1. The molecule has 0 fully saturated rings. The Bertz CT molecular complexity index is 627. The number of amides is 1. The zero-order valence-electron chi connectivity index (χ0n) is 13.0. The Kier molecular flexibility index (Phi) is 4.35. The molecule has 1 heterocycles. The van der Waals surface area contributed by atoms with Crippen LogP contribution in [0.15, 0.2) is 28.4 Å². The average Bonchev–Trinajstić information content (AvgIpc) is 2.79. The van der Waals surface area contributed by atoms with Crippen molar-refractivity contribution in [1.29, 1.82) is 0 Å². The summed E-state index contributed by atoms with van der Waals surface area (Å²) in [6.07, 6.45) is 1.26. The van der Waals surface area contributed by atoms with E-state index in [1.807, 2.05) is 39.0 Å². The summed E-state index contributed by atoms with van der Waals surface area (Å²) in [6.45, 7) is 6.63. The van der Waals surface area contributed by atoms with Crippen LogP contribution in [0.3, 0.4) is 0 Å². The van der Waals surface area contributed by atoms with Crippen molar-refractivity contribution < 1.29 is 9.53 Å². The highest BCUT2D eigenvalue weighted by Gasteiger charge is 2.27. The molecular weight excluding hydrogens is 282 g/mol. The number of hydrogen-bond acceptors (Lipinski definition) is 4. The Morgan fingerprint density at radius 3 is 2.59 bits per heavy atom. The average molecular weight is 303 g/mol. The van der Waals surface area contributed by atoms with Crippen molar-refractivity contribution in [2.45, 2.75) is 39.5 Å². The first-order chi connectivity index (χ1) is 10.2. The number of ether oxygens (including phenoxy) is 1. The number of fused-ring (bicyclic) bond motifs is 1. The summed E-state index contributed by atoms with van der Waals surface area (Å²) < 4.78 is 5.39. The Balaban J connectivity index is 2.07. The highest BCUT2D eigenvalue weighted by molar-refractivity contribution is 5.82. The van der Waals surface area contributed by atoms with Crippen LogP contribution in [0, 0.1) is 0 Å². The predicted molar refractivity (Wildman–Crippen MR) is 85.3 cm³/mol. The predicted octanol–water partition coefficient (Wildman–Crippen LogP) is 1.54. The number of nitrogens with zero attached hydrogens (tertiary/aromatic N) is 3. The van der Waals surface area contributed by atoms with Gasteiger partial charge in [-0.15, -0.1) is 5.10 Å². The second-order valence-corrected chi connectivity index (χ2v) is 6.13. The van der Waals surface area contributed by atoms with E-state index >= 15 is 0 Å². The van der Waals surface area contributed by atoms with Gasteiger partial charge in [-0.1, -0.05) is 12.1 Å². The number of nitrogens with two attached hydrogens (primary N) is 2. The maximum absolute atomic E-state index is 12.1. The van der Waals surface area contributed by atoms with E-state index in [-0.39, 0.29) is 12.1 Å². The summed E-state index contributed by atoms with van der Waals surface area (Å²) >= 11 is 0. The summed E-state index contributed by atoms with van der Waals surface area (Å²) in [5, 5.41) is 7.33. The molecule has 1 aliphatic rings. The normalized spacial score (nSPS) is 14.0. The van der Waals surface area contributed by atoms with Crippen LogP contribution in [0.4, 0.5) is 4.79 Å². The maximum atomic E-state index is 12.1. The third-order valence-electron chi connectivity index (χ3n) is 2.98. The van der Waals surface area contributed by atoms with E-state index in [0.29, 0.717) is 13.1 Å². The van der Waals surface area contributed by atoms with Gasteiger partial charge in [0, 0.05) is 13.1 Å². The smallest absolute Gasteiger partial charge is 0.410 e. The van der Waals surface area contributed by atoms with Gasteiger partial charge in [0.1, 0.15) is 5.60 Å². The second kappa shape index (κ2) is 6.05. The van der Waals surface area contributed by atoms with Gasteiger partial charge in [-0.2, -0.15) is 5.10 Å². The molecule has 0 saturated carbocycles. The van der Waals surface area contributed by atoms with Gasteiger partial charge < -0.3 is 16.2 Å². The minimum atomic E-state index is -0.496. The van der Waals surface area contributed by atoms with Gasteiger partial charge in [-0.3, -0.25) is 4.90 Å². The molecule has 1 amide bonds. The van der Waals surface area contributed by atoms with Crippen LogP contribution in [-0.4, -0.2) is 28.8 Å². The molecule has 118 valence electrons. The highest BCUT2D eigenvalue weighted by Crippen LogP contribution is 2.25. The van der Waals surface area contributed by atoms with Crippen LogP contribution < -0.4 is 11.5 Å². The van der Waals surface area contributed by atoms with Gasteiger partial charge in [0.25, 0.3) is 0 Å². The molecule has 2 rings (SSSR count). The van der Waals surface area contributed by atoms with Crippen molar-refractivity contribution >= 4 is 18.3 Å². The molecule has 0 saturated heterocycles. The Morgan fingerprint density at radius 2 is 1.95 bits per heavy atom. The zero-order valence-corrected chi connectivity index (χ0v) is 13.0. The fourth-order valence-electron chi connectivity index (χ4n) is 2.11. The lowest BCUT2D eigenvalue weighted by Crippen LogP contribution is -2.33. The van der Waals surface area contributed by atoms with E-state index in [1.54, 1.807) is 11.1 Å². The number of carbonyl (C=O) groups is 1. The van der Waals surface area contributed by atoms with E-state index in [2.05, 4.69) is 10.2 Å². The van der Waals surface area contributed by atoms with Crippen LogP contribution in [-0.2, 0) is 17.8 Å². The van der Waals surface area contributed by atoms with Crippen molar-refractivity contribution in [1.82, 2.24) is 4.90 Å². The van der Waals surface area contributed by atoms with Gasteiger partial charge >= 0.3 is 6.09 Å². The summed E-state index contributed by atoms with van der Waals surface area (Å²) in [5.74, 6) is -0.0893. The molecule has 1 aromatic carbocycles. The number of benzene rings is 1. The van der Waals surface area contributed by atoms with Crippen LogP contribution in [0.1, 0.15) is 37.5 Å². The minimum Gasteiger partial charge on any atom is -0.444 e. The quantitative estimate of drug-likeness (QED) is 0.491. The van der Waals surface area contributed by atoms with Gasteiger partial charge in [0.05, 0.1) is 6.21 Å². The monoisotopic (exact) mass is 303 g/mol.